The Bertz CT molecular complexity index is 1070. The Hall–Kier alpha value is -3.60. The number of methoxy groups -OCH3 is 2. The summed E-state index contributed by atoms with van der Waals surface area (Å²) in [5.41, 5.74) is 0.700. The summed E-state index contributed by atoms with van der Waals surface area (Å²) in [6, 6.07) is 8.84. The van der Waals surface area contributed by atoms with Crippen molar-refractivity contribution in [2.45, 2.75) is 13.5 Å². The summed E-state index contributed by atoms with van der Waals surface area (Å²) in [6.07, 6.45) is 1.63. The van der Waals surface area contributed by atoms with Crippen LogP contribution in [-0.4, -0.2) is 35.7 Å². The molecule has 0 saturated heterocycles. The monoisotopic (exact) mass is 365 g/mol. The molecule has 2 aromatic heterocycles. The van der Waals surface area contributed by atoms with Crippen molar-refractivity contribution in [2.75, 3.05) is 25.7 Å². The first-order chi connectivity index (χ1) is 13.1. The number of fused-ring (bicyclic) bond motifs is 1. The lowest BCUT2D eigenvalue weighted by Gasteiger charge is -2.22. The fourth-order valence-corrected chi connectivity index (χ4v) is 2.84. The Morgan fingerprint density at radius 1 is 1.26 bits per heavy atom. The van der Waals surface area contributed by atoms with Gasteiger partial charge >= 0.3 is 0 Å². The van der Waals surface area contributed by atoms with E-state index in [0.717, 1.165) is 0 Å². The van der Waals surface area contributed by atoms with Gasteiger partial charge in [-0.3, -0.25) is 4.79 Å². The van der Waals surface area contributed by atoms with Gasteiger partial charge < -0.3 is 19.4 Å². The smallest absolute Gasteiger partial charge is 0.258 e. The Morgan fingerprint density at radius 3 is 2.67 bits per heavy atom. The first-order valence-electron chi connectivity index (χ1n) is 8.36. The zero-order valence-corrected chi connectivity index (χ0v) is 15.3. The molecule has 1 aromatic carbocycles. The minimum absolute atomic E-state index is 0.270. The topological polar surface area (TPSA) is 104 Å². The average molecular weight is 365 g/mol. The third kappa shape index (κ3) is 3.53. The maximum atomic E-state index is 12.5. The second kappa shape index (κ2) is 7.74. The van der Waals surface area contributed by atoms with E-state index in [-0.39, 0.29) is 5.56 Å². The zero-order valence-electron chi connectivity index (χ0n) is 15.3. The van der Waals surface area contributed by atoms with Crippen molar-refractivity contribution in [1.29, 1.82) is 5.26 Å². The van der Waals surface area contributed by atoms with Gasteiger partial charge in [-0.15, -0.1) is 0 Å². The molecule has 27 heavy (non-hydrogen) atoms. The number of anilines is 1. The maximum Gasteiger partial charge on any atom is 0.258 e. The number of nitrogens with zero attached hydrogens (tertiary/aromatic N) is 4. The van der Waals surface area contributed by atoms with Crippen molar-refractivity contribution in [2.24, 2.45) is 0 Å². The van der Waals surface area contributed by atoms with E-state index in [1.165, 1.54) is 14.2 Å². The van der Waals surface area contributed by atoms with Crippen molar-refractivity contribution < 1.29 is 9.47 Å². The molecule has 0 aliphatic rings. The summed E-state index contributed by atoms with van der Waals surface area (Å²) in [4.78, 5) is 26.0. The lowest BCUT2D eigenvalue weighted by molar-refractivity contribution is 0.355. The molecule has 0 bridgehead atoms. The van der Waals surface area contributed by atoms with Gasteiger partial charge in [-0.25, -0.2) is 9.97 Å². The molecule has 0 aliphatic heterocycles. The van der Waals surface area contributed by atoms with Crippen molar-refractivity contribution in [3.05, 3.63) is 52.2 Å². The molecule has 1 N–H and O–H groups in total. The summed E-state index contributed by atoms with van der Waals surface area (Å²) in [6.45, 7) is 2.85. The Morgan fingerprint density at radius 2 is 2.00 bits per heavy atom. The van der Waals surface area contributed by atoms with Gasteiger partial charge in [0.25, 0.3) is 5.56 Å². The van der Waals surface area contributed by atoms with E-state index < -0.39 is 0 Å². The molecule has 0 spiro atoms. The molecule has 0 radical (unpaired) electrons. The van der Waals surface area contributed by atoms with Crippen molar-refractivity contribution in [1.82, 2.24) is 15.0 Å². The number of aromatic amines is 1. The number of benzene rings is 1. The summed E-state index contributed by atoms with van der Waals surface area (Å²) in [5, 5.41) is 9.72. The summed E-state index contributed by atoms with van der Waals surface area (Å²) < 4.78 is 10.5. The van der Waals surface area contributed by atoms with E-state index >= 15 is 0 Å². The average Bonchev–Trinajstić information content (AvgIpc) is 2.71. The molecular formula is C19H19N5O3. The summed E-state index contributed by atoms with van der Waals surface area (Å²) in [7, 11) is 3.04. The number of ether oxygens (including phenoxy) is 2. The van der Waals surface area contributed by atoms with Crippen LogP contribution in [0.4, 0.5) is 5.82 Å². The molecule has 0 atom stereocenters. The van der Waals surface area contributed by atoms with Gasteiger partial charge in [0, 0.05) is 18.8 Å². The summed E-state index contributed by atoms with van der Waals surface area (Å²) >= 11 is 0. The molecule has 0 unspecified atom stereocenters. The van der Waals surface area contributed by atoms with Crippen LogP contribution in [0.5, 0.6) is 11.5 Å². The number of nitriles is 1. The third-order valence-electron chi connectivity index (χ3n) is 4.19. The molecule has 0 amide bonds. The largest absolute Gasteiger partial charge is 0.493 e. The van der Waals surface area contributed by atoms with Crippen molar-refractivity contribution in [3.8, 4) is 17.6 Å². The third-order valence-corrected chi connectivity index (χ3v) is 4.19. The van der Waals surface area contributed by atoms with E-state index in [9.17, 15) is 10.1 Å². The van der Waals surface area contributed by atoms with Gasteiger partial charge in [0.05, 0.1) is 37.2 Å². The zero-order chi connectivity index (χ0) is 19.4. The quantitative estimate of drug-likeness (QED) is 0.714. The second-order valence-corrected chi connectivity index (χ2v) is 5.74. The number of hydrogen-bond acceptors (Lipinski definition) is 7. The molecule has 0 saturated carbocycles. The molecule has 2 heterocycles. The van der Waals surface area contributed by atoms with Crippen molar-refractivity contribution in [3.63, 3.8) is 0 Å². The standard InChI is InChI=1S/C19H19N5O3/c1-4-24(18-12(10-20)6-5-7-21-18)11-17-22-14-9-16(27-3)15(26-2)8-13(14)19(25)23-17/h5-9H,4,11H2,1-3H3,(H,22,23,25). The molecule has 0 fully saturated rings. The van der Waals surface area contributed by atoms with Gasteiger partial charge in [0.2, 0.25) is 0 Å². The van der Waals surface area contributed by atoms with Crippen LogP contribution >= 0.6 is 0 Å². The number of pyridine rings is 1. The van der Waals surface area contributed by atoms with Crippen LogP contribution in [0, 0.1) is 11.3 Å². The predicted molar refractivity (Wildman–Crippen MR) is 101 cm³/mol. The highest BCUT2D eigenvalue weighted by atomic mass is 16.5. The Labute approximate surface area is 156 Å². The normalized spacial score (nSPS) is 10.4. The molecular weight excluding hydrogens is 346 g/mol. The fourth-order valence-electron chi connectivity index (χ4n) is 2.84. The predicted octanol–water partition coefficient (Wildman–Crippen LogP) is 2.23. The second-order valence-electron chi connectivity index (χ2n) is 5.74. The van der Waals surface area contributed by atoms with Gasteiger partial charge in [-0.2, -0.15) is 5.26 Å². The van der Waals surface area contributed by atoms with Crippen LogP contribution in [0.15, 0.2) is 35.3 Å². The summed E-state index contributed by atoms with van der Waals surface area (Å²) in [5.74, 6) is 1.99. The number of hydrogen-bond donors (Lipinski definition) is 1. The van der Waals surface area contributed by atoms with E-state index in [1.807, 2.05) is 11.8 Å². The molecule has 8 nitrogen and oxygen atoms in total. The van der Waals surface area contributed by atoms with Gasteiger partial charge in [0.1, 0.15) is 17.7 Å². The first-order valence-corrected chi connectivity index (χ1v) is 8.36. The number of rotatable bonds is 6. The number of nitrogens with one attached hydrogen (secondary N) is 1. The minimum Gasteiger partial charge on any atom is -0.493 e. The first kappa shape index (κ1) is 18.2. The highest BCUT2D eigenvalue weighted by Crippen LogP contribution is 2.30. The Balaban J connectivity index is 2.04. The molecule has 138 valence electrons. The Kier molecular flexibility index (Phi) is 5.22. The highest BCUT2D eigenvalue weighted by molar-refractivity contribution is 5.81. The van der Waals surface area contributed by atoms with Crippen LogP contribution < -0.4 is 19.9 Å². The minimum atomic E-state index is -0.270. The highest BCUT2D eigenvalue weighted by Gasteiger charge is 2.15. The van der Waals surface area contributed by atoms with Crippen LogP contribution in [0.1, 0.15) is 18.3 Å². The molecule has 8 heteroatoms. The van der Waals surface area contributed by atoms with Crippen LogP contribution in [-0.2, 0) is 6.54 Å². The molecule has 3 rings (SSSR count). The van der Waals surface area contributed by atoms with Gasteiger partial charge in [-0.1, -0.05) is 0 Å². The van der Waals surface area contributed by atoms with Crippen molar-refractivity contribution >= 4 is 16.7 Å². The lowest BCUT2D eigenvalue weighted by atomic mass is 10.2. The number of H-pyrrole nitrogens is 1. The fraction of sp³-hybridized carbons (Fsp3) is 0.263. The lowest BCUT2D eigenvalue weighted by Crippen LogP contribution is -2.27. The van der Waals surface area contributed by atoms with Gasteiger partial charge in [0.15, 0.2) is 11.5 Å². The van der Waals surface area contributed by atoms with Crippen LogP contribution in [0.25, 0.3) is 10.9 Å². The van der Waals surface area contributed by atoms with Crippen LogP contribution in [0.3, 0.4) is 0 Å². The van der Waals surface area contributed by atoms with Gasteiger partial charge in [-0.05, 0) is 25.1 Å². The number of aromatic nitrogens is 3. The van der Waals surface area contributed by atoms with E-state index in [2.05, 4.69) is 21.0 Å². The molecule has 3 aromatic rings. The maximum absolute atomic E-state index is 12.5. The van der Waals surface area contributed by atoms with Crippen LogP contribution in [0.2, 0.25) is 0 Å². The van der Waals surface area contributed by atoms with E-state index in [4.69, 9.17) is 9.47 Å². The van der Waals surface area contributed by atoms with E-state index in [1.54, 1.807) is 30.5 Å². The molecule has 0 aliphatic carbocycles. The SMILES string of the molecule is CCN(Cc1nc2cc(OC)c(OC)cc2c(=O)[nH]1)c1ncccc1C#N. The van der Waals surface area contributed by atoms with E-state index in [0.29, 0.717) is 52.7 Å².